The molecule has 0 fully saturated rings. The Morgan fingerprint density at radius 2 is 1.88 bits per heavy atom. The zero-order valence-corrected chi connectivity index (χ0v) is 16.4. The minimum Gasteiger partial charge on any atom is -0.353 e. The smallest absolute Gasteiger partial charge is 0.233 e. The molecular formula is C19H21N3OS2. The second-order valence-electron chi connectivity index (χ2n) is 6.30. The second-order valence-corrected chi connectivity index (χ2v) is 8.49. The van der Waals surface area contributed by atoms with Gasteiger partial charge in [0.05, 0.1) is 10.6 Å². The van der Waals surface area contributed by atoms with E-state index in [1.54, 1.807) is 17.7 Å². The molecule has 0 aliphatic carbocycles. The number of fused-ring (bicyclic) bond motifs is 1. The van der Waals surface area contributed by atoms with E-state index >= 15 is 0 Å². The summed E-state index contributed by atoms with van der Waals surface area (Å²) in [6.45, 7) is 7.92. The Morgan fingerprint density at radius 3 is 2.56 bits per heavy atom. The van der Waals surface area contributed by atoms with Crippen LogP contribution in [0, 0.1) is 6.92 Å². The maximum absolute atomic E-state index is 12.3. The van der Waals surface area contributed by atoms with Crippen LogP contribution in [0.5, 0.6) is 0 Å². The van der Waals surface area contributed by atoms with E-state index in [0.717, 1.165) is 26.4 Å². The van der Waals surface area contributed by atoms with Crippen LogP contribution >= 0.6 is 23.1 Å². The van der Waals surface area contributed by atoms with Gasteiger partial charge in [0.15, 0.2) is 0 Å². The molecule has 0 aliphatic heterocycles. The third kappa shape index (κ3) is 4.02. The molecule has 3 aromatic rings. The molecule has 2 heterocycles. The first-order valence-electron chi connectivity index (χ1n) is 8.22. The highest BCUT2D eigenvalue weighted by atomic mass is 32.2. The number of hydrogen-bond acceptors (Lipinski definition) is 5. The van der Waals surface area contributed by atoms with Crippen LogP contribution in [0.3, 0.4) is 0 Å². The predicted molar refractivity (Wildman–Crippen MR) is 106 cm³/mol. The van der Waals surface area contributed by atoms with Gasteiger partial charge in [-0.2, -0.15) is 0 Å². The fraction of sp³-hybridized carbons (Fsp3) is 0.316. The fourth-order valence-electron chi connectivity index (χ4n) is 2.51. The number of carbonyl (C=O) groups excluding carboxylic acids is 1. The normalized spacial score (nSPS) is 12.5. The average molecular weight is 372 g/mol. The van der Waals surface area contributed by atoms with Crippen LogP contribution in [0.15, 0.2) is 41.0 Å². The zero-order chi connectivity index (χ0) is 18.0. The summed E-state index contributed by atoms with van der Waals surface area (Å²) in [5.41, 5.74) is 3.50. The summed E-state index contributed by atoms with van der Waals surface area (Å²) < 4.78 is 0. The number of thioether (sulfide) groups is 1. The van der Waals surface area contributed by atoms with Gasteiger partial charge in [-0.05, 0) is 33.3 Å². The highest BCUT2D eigenvalue weighted by Crippen LogP contribution is 2.38. The molecule has 4 nitrogen and oxygen atoms in total. The quantitative estimate of drug-likeness (QED) is 0.523. The van der Waals surface area contributed by atoms with Gasteiger partial charge in [0, 0.05) is 17.0 Å². The molecule has 1 atom stereocenters. The van der Waals surface area contributed by atoms with Crippen LogP contribution in [-0.2, 0) is 4.79 Å². The van der Waals surface area contributed by atoms with Crippen molar-refractivity contribution < 1.29 is 4.79 Å². The van der Waals surface area contributed by atoms with Crippen molar-refractivity contribution in [3.05, 3.63) is 41.5 Å². The highest BCUT2D eigenvalue weighted by Gasteiger charge is 2.20. The van der Waals surface area contributed by atoms with Crippen LogP contribution in [0.1, 0.15) is 26.3 Å². The van der Waals surface area contributed by atoms with E-state index in [0.29, 0.717) is 0 Å². The molecule has 2 aromatic heterocycles. The molecule has 25 heavy (non-hydrogen) atoms. The van der Waals surface area contributed by atoms with Crippen LogP contribution in [-0.4, -0.2) is 27.2 Å². The number of benzene rings is 1. The first-order valence-corrected chi connectivity index (χ1v) is 9.98. The summed E-state index contributed by atoms with van der Waals surface area (Å²) in [5.74, 6) is 0.0267. The van der Waals surface area contributed by atoms with Gasteiger partial charge in [-0.3, -0.25) is 4.79 Å². The lowest BCUT2D eigenvalue weighted by atomic mass is 10.1. The summed E-state index contributed by atoms with van der Waals surface area (Å²) in [4.78, 5) is 22.1. The molecular weight excluding hydrogens is 350 g/mol. The molecule has 0 aliphatic rings. The molecule has 1 aromatic carbocycles. The number of carbonyl (C=O) groups is 1. The monoisotopic (exact) mass is 371 g/mol. The Kier molecular flexibility index (Phi) is 5.39. The first-order chi connectivity index (χ1) is 12.0. The Morgan fingerprint density at radius 1 is 1.16 bits per heavy atom. The number of amides is 1. The lowest BCUT2D eigenvalue weighted by Crippen LogP contribution is -2.35. The third-order valence-electron chi connectivity index (χ3n) is 3.79. The average Bonchev–Trinajstić information content (AvgIpc) is 3.00. The van der Waals surface area contributed by atoms with Gasteiger partial charge in [0.2, 0.25) is 5.91 Å². The maximum Gasteiger partial charge on any atom is 0.233 e. The van der Waals surface area contributed by atoms with Crippen molar-refractivity contribution >= 4 is 39.2 Å². The molecule has 0 saturated heterocycles. The summed E-state index contributed by atoms with van der Waals surface area (Å²) in [5, 5.41) is 6.75. The molecule has 1 amide bonds. The molecule has 0 saturated carbocycles. The number of nitrogens with one attached hydrogen (secondary N) is 1. The van der Waals surface area contributed by atoms with E-state index in [1.807, 2.05) is 20.8 Å². The van der Waals surface area contributed by atoms with Crippen molar-refractivity contribution in [3.63, 3.8) is 0 Å². The number of thiophene rings is 1. The van der Waals surface area contributed by atoms with Gasteiger partial charge in [-0.1, -0.05) is 41.6 Å². The number of nitrogens with zero attached hydrogens (tertiary/aromatic N) is 2. The van der Waals surface area contributed by atoms with Crippen LogP contribution in [0.25, 0.3) is 21.3 Å². The number of aryl methyl sites for hydroxylation is 1. The Labute approximate surface area is 156 Å². The minimum absolute atomic E-state index is 0.0267. The van der Waals surface area contributed by atoms with Crippen molar-refractivity contribution in [2.75, 3.05) is 0 Å². The van der Waals surface area contributed by atoms with Crippen molar-refractivity contribution in [2.45, 2.75) is 44.0 Å². The molecule has 0 spiro atoms. The molecule has 130 valence electrons. The maximum atomic E-state index is 12.3. The van der Waals surface area contributed by atoms with E-state index in [9.17, 15) is 4.79 Å². The first kappa shape index (κ1) is 17.9. The molecule has 0 unspecified atom stereocenters. The van der Waals surface area contributed by atoms with Crippen LogP contribution < -0.4 is 5.32 Å². The molecule has 3 rings (SSSR count). The molecule has 1 N–H and O–H groups in total. The van der Waals surface area contributed by atoms with E-state index < -0.39 is 0 Å². The van der Waals surface area contributed by atoms with Gasteiger partial charge in [0.1, 0.15) is 16.2 Å². The van der Waals surface area contributed by atoms with E-state index in [2.05, 4.69) is 51.9 Å². The van der Waals surface area contributed by atoms with Gasteiger partial charge in [0.25, 0.3) is 0 Å². The number of rotatable bonds is 5. The Balaban J connectivity index is 1.97. The number of aromatic nitrogens is 2. The summed E-state index contributed by atoms with van der Waals surface area (Å²) in [7, 11) is 0. The van der Waals surface area contributed by atoms with Crippen molar-refractivity contribution in [2.24, 2.45) is 0 Å². The van der Waals surface area contributed by atoms with Gasteiger partial charge < -0.3 is 5.32 Å². The SMILES string of the molecule is Cc1ccc(-c2csc3ncnc(S[C@@H](C)C(=O)NC(C)C)c23)cc1. The van der Waals surface area contributed by atoms with Gasteiger partial charge in [-0.25, -0.2) is 9.97 Å². The highest BCUT2D eigenvalue weighted by molar-refractivity contribution is 8.00. The second kappa shape index (κ2) is 7.54. The van der Waals surface area contributed by atoms with E-state index in [4.69, 9.17) is 0 Å². The number of hydrogen-bond donors (Lipinski definition) is 1. The minimum atomic E-state index is -0.216. The van der Waals surface area contributed by atoms with E-state index in [-0.39, 0.29) is 17.2 Å². The molecule has 0 radical (unpaired) electrons. The molecule has 6 heteroatoms. The summed E-state index contributed by atoms with van der Waals surface area (Å²) in [6.07, 6.45) is 1.58. The molecule has 0 bridgehead atoms. The zero-order valence-electron chi connectivity index (χ0n) is 14.7. The Hall–Kier alpha value is -1.92. The predicted octanol–water partition coefficient (Wildman–Crippen LogP) is 4.67. The Bertz CT molecular complexity index is 887. The van der Waals surface area contributed by atoms with Crippen molar-refractivity contribution in [1.29, 1.82) is 0 Å². The van der Waals surface area contributed by atoms with Crippen molar-refractivity contribution in [3.8, 4) is 11.1 Å². The fourth-order valence-corrected chi connectivity index (χ4v) is 4.43. The standard InChI is InChI=1S/C19H21N3OS2/c1-11(2)22-17(23)13(4)25-19-16-15(9-24-18(16)20-10-21-19)14-7-5-12(3)6-8-14/h5-11,13H,1-4H3,(H,22,23)/t13-/m0/s1. The van der Waals surface area contributed by atoms with Crippen LogP contribution in [0.4, 0.5) is 0 Å². The lowest BCUT2D eigenvalue weighted by Gasteiger charge is -2.14. The van der Waals surface area contributed by atoms with Crippen molar-refractivity contribution in [1.82, 2.24) is 15.3 Å². The van der Waals surface area contributed by atoms with Crippen LogP contribution in [0.2, 0.25) is 0 Å². The van der Waals surface area contributed by atoms with E-state index in [1.165, 1.54) is 17.3 Å². The summed E-state index contributed by atoms with van der Waals surface area (Å²) in [6, 6.07) is 8.58. The lowest BCUT2D eigenvalue weighted by molar-refractivity contribution is -0.120. The van der Waals surface area contributed by atoms with Gasteiger partial charge in [-0.15, -0.1) is 11.3 Å². The van der Waals surface area contributed by atoms with Gasteiger partial charge >= 0.3 is 0 Å². The topological polar surface area (TPSA) is 54.9 Å². The largest absolute Gasteiger partial charge is 0.353 e. The third-order valence-corrected chi connectivity index (χ3v) is 5.77. The summed E-state index contributed by atoms with van der Waals surface area (Å²) >= 11 is 3.09.